The number of carbonyl (C=O) groups is 1. The molecule has 1 aliphatic rings. The Morgan fingerprint density at radius 3 is 3.14 bits per heavy atom. The lowest BCUT2D eigenvalue weighted by atomic mass is 10.2. The third-order valence-electron chi connectivity index (χ3n) is 2.12. The van der Waals surface area contributed by atoms with Gasteiger partial charge in [-0.25, -0.2) is 0 Å². The van der Waals surface area contributed by atoms with Crippen LogP contribution in [-0.4, -0.2) is 18.3 Å². The molecular weight excluding hydrogens is 196 g/mol. The molecule has 3 heteroatoms. The van der Waals surface area contributed by atoms with Crippen molar-refractivity contribution < 1.29 is 9.53 Å². The third-order valence-corrected chi connectivity index (χ3v) is 3.35. The van der Waals surface area contributed by atoms with Crippen LogP contribution in [0, 0.1) is 0 Å². The maximum absolute atomic E-state index is 11.0. The number of thioether (sulfide) groups is 1. The number of carbonyl (C=O) groups excluding carboxylic acids is 1. The molecule has 0 N–H and O–H groups in total. The molecule has 1 saturated heterocycles. The van der Waals surface area contributed by atoms with Gasteiger partial charge in [0.15, 0.2) is 0 Å². The van der Waals surface area contributed by atoms with E-state index in [4.69, 9.17) is 4.74 Å². The van der Waals surface area contributed by atoms with Crippen LogP contribution in [0.4, 0.5) is 0 Å². The molecule has 0 atom stereocenters. The first kappa shape index (κ1) is 11.6. The smallest absolute Gasteiger partial charge is 0.305 e. The summed E-state index contributed by atoms with van der Waals surface area (Å²) in [6.07, 6.45) is 7.32. The normalized spacial score (nSPS) is 18.8. The summed E-state index contributed by atoms with van der Waals surface area (Å²) in [5, 5.41) is 0. The second-order valence-corrected chi connectivity index (χ2v) is 4.54. The van der Waals surface area contributed by atoms with Gasteiger partial charge in [-0.2, -0.15) is 0 Å². The van der Waals surface area contributed by atoms with E-state index in [1.165, 1.54) is 23.5 Å². The second kappa shape index (κ2) is 6.93. The van der Waals surface area contributed by atoms with Crippen LogP contribution in [-0.2, 0) is 9.53 Å². The minimum absolute atomic E-state index is 0.0648. The summed E-state index contributed by atoms with van der Waals surface area (Å²) in [4.78, 5) is 12.5. The number of esters is 1. The summed E-state index contributed by atoms with van der Waals surface area (Å²) < 4.78 is 4.85. The van der Waals surface area contributed by atoms with Crippen molar-refractivity contribution in [3.05, 3.63) is 11.0 Å². The van der Waals surface area contributed by atoms with Gasteiger partial charge in [0.2, 0.25) is 0 Å². The molecule has 0 aliphatic carbocycles. The number of ether oxygens (including phenoxy) is 1. The first-order valence-corrected chi connectivity index (χ1v) is 6.29. The monoisotopic (exact) mass is 214 g/mol. The molecule has 1 aliphatic heterocycles. The van der Waals surface area contributed by atoms with E-state index in [9.17, 15) is 4.79 Å². The zero-order chi connectivity index (χ0) is 10.2. The fourth-order valence-electron chi connectivity index (χ4n) is 1.43. The SMILES string of the molecule is CCOC(=O)CCC/C=C1/CCCS1. The zero-order valence-corrected chi connectivity index (χ0v) is 9.57. The van der Waals surface area contributed by atoms with Crippen LogP contribution < -0.4 is 0 Å². The molecule has 1 rings (SSSR count). The second-order valence-electron chi connectivity index (χ2n) is 3.32. The first-order valence-electron chi connectivity index (χ1n) is 5.30. The van der Waals surface area contributed by atoms with Gasteiger partial charge in [-0.1, -0.05) is 6.08 Å². The molecule has 0 bridgehead atoms. The van der Waals surface area contributed by atoms with E-state index in [0.717, 1.165) is 12.8 Å². The van der Waals surface area contributed by atoms with Crippen molar-refractivity contribution in [3.8, 4) is 0 Å². The summed E-state index contributed by atoms with van der Waals surface area (Å²) in [5.74, 6) is 1.20. The van der Waals surface area contributed by atoms with Gasteiger partial charge in [-0.05, 0) is 43.3 Å². The molecule has 14 heavy (non-hydrogen) atoms. The molecular formula is C11H18O2S. The molecule has 2 nitrogen and oxygen atoms in total. The number of unbranched alkanes of at least 4 members (excludes halogenated alkanes) is 1. The van der Waals surface area contributed by atoms with Gasteiger partial charge < -0.3 is 4.74 Å². The molecule has 0 aromatic carbocycles. The maximum atomic E-state index is 11.0. The lowest BCUT2D eigenvalue weighted by Gasteiger charge is -1.99. The topological polar surface area (TPSA) is 26.3 Å². The van der Waals surface area contributed by atoms with Crippen LogP contribution in [0.5, 0.6) is 0 Å². The molecule has 0 aromatic heterocycles. The minimum atomic E-state index is -0.0648. The van der Waals surface area contributed by atoms with Crippen molar-refractivity contribution in [2.45, 2.75) is 39.0 Å². The Morgan fingerprint density at radius 2 is 2.50 bits per heavy atom. The van der Waals surface area contributed by atoms with E-state index in [1.54, 1.807) is 0 Å². The van der Waals surface area contributed by atoms with Gasteiger partial charge in [-0.3, -0.25) is 4.79 Å². The van der Waals surface area contributed by atoms with Gasteiger partial charge >= 0.3 is 5.97 Å². The van der Waals surface area contributed by atoms with E-state index in [1.807, 2.05) is 18.7 Å². The van der Waals surface area contributed by atoms with Crippen molar-refractivity contribution in [1.29, 1.82) is 0 Å². The third kappa shape index (κ3) is 4.70. The molecule has 0 radical (unpaired) electrons. The molecule has 0 saturated carbocycles. The Morgan fingerprint density at radius 1 is 1.64 bits per heavy atom. The molecule has 0 aromatic rings. The summed E-state index contributed by atoms with van der Waals surface area (Å²) in [6.45, 7) is 2.34. The quantitative estimate of drug-likeness (QED) is 0.519. The predicted molar refractivity (Wildman–Crippen MR) is 60.3 cm³/mol. The standard InChI is InChI=1S/C11H18O2S/c1-2-13-11(12)8-4-3-6-10-7-5-9-14-10/h6H,2-5,7-9H2,1H3/b10-6-. The Bertz CT molecular complexity index is 203. The van der Waals surface area contributed by atoms with Gasteiger partial charge in [0.05, 0.1) is 6.61 Å². The molecule has 1 heterocycles. The Labute approximate surface area is 90.1 Å². The first-order chi connectivity index (χ1) is 6.83. The van der Waals surface area contributed by atoms with E-state index < -0.39 is 0 Å². The highest BCUT2D eigenvalue weighted by Gasteiger charge is 2.06. The fourth-order valence-corrected chi connectivity index (χ4v) is 2.50. The van der Waals surface area contributed by atoms with Crippen LogP contribution in [0.2, 0.25) is 0 Å². The summed E-state index contributed by atoms with van der Waals surface area (Å²) in [6, 6.07) is 0. The van der Waals surface area contributed by atoms with E-state index >= 15 is 0 Å². The summed E-state index contributed by atoms with van der Waals surface area (Å²) >= 11 is 1.96. The van der Waals surface area contributed by atoms with Gasteiger partial charge in [0.25, 0.3) is 0 Å². The largest absolute Gasteiger partial charge is 0.466 e. The number of allylic oxidation sites excluding steroid dienone is 2. The zero-order valence-electron chi connectivity index (χ0n) is 8.75. The van der Waals surface area contributed by atoms with E-state index in [0.29, 0.717) is 13.0 Å². The lowest BCUT2D eigenvalue weighted by molar-refractivity contribution is -0.143. The highest BCUT2D eigenvalue weighted by Crippen LogP contribution is 2.30. The lowest BCUT2D eigenvalue weighted by Crippen LogP contribution is -2.02. The van der Waals surface area contributed by atoms with Crippen molar-refractivity contribution in [2.75, 3.05) is 12.4 Å². The Kier molecular flexibility index (Phi) is 5.76. The van der Waals surface area contributed by atoms with E-state index in [2.05, 4.69) is 6.08 Å². The molecule has 0 unspecified atom stereocenters. The van der Waals surface area contributed by atoms with Gasteiger partial charge in [0.1, 0.15) is 0 Å². The van der Waals surface area contributed by atoms with Crippen LogP contribution >= 0.6 is 11.8 Å². The number of hydrogen-bond acceptors (Lipinski definition) is 3. The predicted octanol–water partition coefficient (Wildman–Crippen LogP) is 3.13. The summed E-state index contributed by atoms with van der Waals surface area (Å²) in [7, 11) is 0. The average Bonchev–Trinajstić information content (AvgIpc) is 2.65. The Hall–Kier alpha value is -0.440. The van der Waals surface area contributed by atoms with E-state index in [-0.39, 0.29) is 5.97 Å². The highest BCUT2D eigenvalue weighted by atomic mass is 32.2. The molecule has 0 spiro atoms. The number of hydrogen-bond donors (Lipinski definition) is 0. The summed E-state index contributed by atoms with van der Waals surface area (Å²) in [5.41, 5.74) is 0. The van der Waals surface area contributed by atoms with Crippen molar-refractivity contribution in [2.24, 2.45) is 0 Å². The van der Waals surface area contributed by atoms with Gasteiger partial charge in [-0.15, -0.1) is 11.8 Å². The Balaban J connectivity index is 2.03. The maximum Gasteiger partial charge on any atom is 0.305 e. The fraction of sp³-hybridized carbons (Fsp3) is 0.727. The molecule has 0 amide bonds. The van der Waals surface area contributed by atoms with Gasteiger partial charge in [0, 0.05) is 6.42 Å². The molecule has 1 fully saturated rings. The highest BCUT2D eigenvalue weighted by molar-refractivity contribution is 8.03. The van der Waals surface area contributed by atoms with Crippen LogP contribution in [0.15, 0.2) is 11.0 Å². The number of rotatable bonds is 5. The van der Waals surface area contributed by atoms with Crippen molar-refractivity contribution >= 4 is 17.7 Å². The van der Waals surface area contributed by atoms with Crippen LogP contribution in [0.1, 0.15) is 39.0 Å². The average molecular weight is 214 g/mol. The minimum Gasteiger partial charge on any atom is -0.466 e. The van der Waals surface area contributed by atoms with Crippen LogP contribution in [0.3, 0.4) is 0 Å². The van der Waals surface area contributed by atoms with Crippen LogP contribution in [0.25, 0.3) is 0 Å². The van der Waals surface area contributed by atoms with Crippen molar-refractivity contribution in [1.82, 2.24) is 0 Å². The van der Waals surface area contributed by atoms with Crippen molar-refractivity contribution in [3.63, 3.8) is 0 Å². The molecule has 80 valence electrons.